The molecule has 170 valence electrons. The van der Waals surface area contributed by atoms with Crippen LogP contribution in [0.5, 0.6) is 5.75 Å². The molecule has 4 rings (SSSR count). The highest BCUT2D eigenvalue weighted by Crippen LogP contribution is 2.28. The van der Waals surface area contributed by atoms with E-state index in [0.29, 0.717) is 5.75 Å². The lowest BCUT2D eigenvalue weighted by Gasteiger charge is -2.23. The number of hydrogen-bond acceptors (Lipinski definition) is 5. The second kappa shape index (κ2) is 9.46. The average Bonchev–Trinajstić information content (AvgIpc) is 3.42. The SMILES string of the molecule is COc1ccccc1C[C@@]1(C)NC(=O)N(CC(=O)N[C@H](c2ccccc2)c2cccs2)C1=O. The van der Waals surface area contributed by atoms with E-state index in [1.165, 1.54) is 11.3 Å². The monoisotopic (exact) mass is 463 g/mol. The zero-order chi connectivity index (χ0) is 23.4. The van der Waals surface area contributed by atoms with E-state index in [0.717, 1.165) is 20.9 Å². The molecule has 2 N–H and O–H groups in total. The molecule has 33 heavy (non-hydrogen) atoms. The molecule has 0 saturated carbocycles. The number of amides is 4. The van der Waals surface area contributed by atoms with Crippen molar-refractivity contribution in [2.75, 3.05) is 13.7 Å². The first-order valence-electron chi connectivity index (χ1n) is 10.5. The van der Waals surface area contributed by atoms with Crippen LogP contribution in [0.25, 0.3) is 0 Å². The third-order valence-electron chi connectivity index (χ3n) is 5.65. The largest absolute Gasteiger partial charge is 0.496 e. The third-order valence-corrected chi connectivity index (χ3v) is 6.59. The van der Waals surface area contributed by atoms with Gasteiger partial charge in [-0.15, -0.1) is 11.3 Å². The molecule has 7 nitrogen and oxygen atoms in total. The predicted molar refractivity (Wildman–Crippen MR) is 126 cm³/mol. The van der Waals surface area contributed by atoms with Crippen molar-refractivity contribution in [3.8, 4) is 5.75 Å². The summed E-state index contributed by atoms with van der Waals surface area (Å²) in [5, 5.41) is 7.67. The van der Waals surface area contributed by atoms with Gasteiger partial charge in [0.1, 0.15) is 17.8 Å². The lowest BCUT2D eigenvalue weighted by Crippen LogP contribution is -2.47. The van der Waals surface area contributed by atoms with E-state index in [9.17, 15) is 14.4 Å². The van der Waals surface area contributed by atoms with Gasteiger partial charge in [0, 0.05) is 11.3 Å². The molecule has 2 atom stereocenters. The van der Waals surface area contributed by atoms with Gasteiger partial charge in [-0.2, -0.15) is 0 Å². The van der Waals surface area contributed by atoms with Gasteiger partial charge >= 0.3 is 6.03 Å². The highest BCUT2D eigenvalue weighted by molar-refractivity contribution is 7.10. The standard InChI is InChI=1S/C25H25N3O4S/c1-25(15-18-11-6-7-12-19(18)32-2)23(30)28(24(31)27-25)16-21(29)26-22(20-13-8-14-33-20)17-9-4-3-5-10-17/h3-14,22H,15-16H2,1-2H3,(H,26,29)(H,27,31)/t22-,25-/m1/s1. The lowest BCUT2D eigenvalue weighted by molar-refractivity contribution is -0.134. The molecule has 2 aromatic carbocycles. The van der Waals surface area contributed by atoms with Gasteiger partial charge in [0.15, 0.2) is 0 Å². The van der Waals surface area contributed by atoms with Gasteiger partial charge in [-0.05, 0) is 35.6 Å². The number of benzene rings is 2. The van der Waals surface area contributed by atoms with Crippen LogP contribution in [0.1, 0.15) is 29.0 Å². The first kappa shape index (κ1) is 22.5. The Morgan fingerprint density at radius 1 is 1.09 bits per heavy atom. The molecule has 0 unspecified atom stereocenters. The topological polar surface area (TPSA) is 87.7 Å². The molecule has 0 radical (unpaired) electrons. The first-order chi connectivity index (χ1) is 15.9. The number of para-hydroxylation sites is 1. The van der Waals surface area contributed by atoms with Crippen molar-refractivity contribution in [3.63, 3.8) is 0 Å². The molecule has 0 aliphatic carbocycles. The van der Waals surface area contributed by atoms with Gasteiger partial charge in [0.2, 0.25) is 5.91 Å². The average molecular weight is 464 g/mol. The summed E-state index contributed by atoms with van der Waals surface area (Å²) in [6.45, 7) is 1.30. The van der Waals surface area contributed by atoms with Crippen molar-refractivity contribution in [2.45, 2.75) is 24.9 Å². The number of imide groups is 1. The summed E-state index contributed by atoms with van der Waals surface area (Å²) in [5.74, 6) is -0.221. The Balaban J connectivity index is 1.48. The third kappa shape index (κ3) is 4.75. The molecule has 1 fully saturated rings. The summed E-state index contributed by atoms with van der Waals surface area (Å²) in [7, 11) is 1.56. The number of thiophene rings is 1. The van der Waals surface area contributed by atoms with Crippen molar-refractivity contribution in [1.82, 2.24) is 15.5 Å². The Labute approximate surface area is 196 Å². The van der Waals surface area contributed by atoms with Crippen LogP contribution in [0.2, 0.25) is 0 Å². The quantitative estimate of drug-likeness (QED) is 0.501. The molecule has 2 heterocycles. The second-order valence-corrected chi connectivity index (χ2v) is 9.05. The van der Waals surface area contributed by atoms with Crippen LogP contribution in [-0.2, 0) is 16.0 Å². The maximum atomic E-state index is 13.2. The van der Waals surface area contributed by atoms with Crippen LogP contribution in [-0.4, -0.2) is 41.9 Å². The van der Waals surface area contributed by atoms with Crippen LogP contribution in [0.15, 0.2) is 72.1 Å². The number of methoxy groups -OCH3 is 1. The van der Waals surface area contributed by atoms with Gasteiger partial charge in [-0.1, -0.05) is 54.6 Å². The number of carbonyl (C=O) groups is 3. The van der Waals surface area contributed by atoms with Crippen molar-refractivity contribution >= 4 is 29.2 Å². The summed E-state index contributed by atoms with van der Waals surface area (Å²) >= 11 is 1.53. The predicted octanol–water partition coefficient (Wildman–Crippen LogP) is 3.52. The summed E-state index contributed by atoms with van der Waals surface area (Å²) < 4.78 is 5.37. The smallest absolute Gasteiger partial charge is 0.325 e. The molecule has 1 saturated heterocycles. The highest BCUT2D eigenvalue weighted by Gasteiger charge is 2.48. The number of ether oxygens (including phenoxy) is 1. The Morgan fingerprint density at radius 3 is 2.52 bits per heavy atom. The molecular weight excluding hydrogens is 438 g/mol. The molecule has 8 heteroatoms. The molecule has 1 aliphatic heterocycles. The fraction of sp³-hybridized carbons (Fsp3) is 0.240. The van der Waals surface area contributed by atoms with Gasteiger partial charge in [-0.25, -0.2) is 4.79 Å². The summed E-state index contributed by atoms with van der Waals surface area (Å²) in [4.78, 5) is 40.7. The molecule has 0 spiro atoms. The van der Waals surface area contributed by atoms with E-state index in [1.54, 1.807) is 20.1 Å². The second-order valence-electron chi connectivity index (χ2n) is 8.07. The fourth-order valence-electron chi connectivity index (χ4n) is 4.01. The van der Waals surface area contributed by atoms with Gasteiger partial charge in [0.25, 0.3) is 5.91 Å². The normalized spacial score (nSPS) is 18.7. The molecule has 1 aromatic heterocycles. The molecule has 4 amide bonds. The first-order valence-corrected chi connectivity index (χ1v) is 11.4. The number of rotatable bonds is 8. The fourth-order valence-corrected chi connectivity index (χ4v) is 4.81. The number of nitrogens with one attached hydrogen (secondary N) is 2. The van der Waals surface area contributed by atoms with Crippen LogP contribution in [0.4, 0.5) is 4.79 Å². The van der Waals surface area contributed by atoms with Crippen molar-refractivity contribution < 1.29 is 19.1 Å². The summed E-state index contributed by atoms with van der Waals surface area (Å²) in [6.07, 6.45) is 0.252. The number of urea groups is 1. The van der Waals surface area contributed by atoms with Crippen molar-refractivity contribution in [1.29, 1.82) is 0 Å². The maximum Gasteiger partial charge on any atom is 0.325 e. The van der Waals surface area contributed by atoms with Gasteiger partial charge < -0.3 is 15.4 Å². The van der Waals surface area contributed by atoms with Gasteiger partial charge in [0.05, 0.1) is 13.2 Å². The van der Waals surface area contributed by atoms with Crippen LogP contribution >= 0.6 is 11.3 Å². The molecular formula is C25H25N3O4S. The Hall–Kier alpha value is -3.65. The van der Waals surface area contributed by atoms with E-state index in [-0.39, 0.29) is 19.0 Å². The van der Waals surface area contributed by atoms with Crippen molar-refractivity contribution in [2.24, 2.45) is 0 Å². The van der Waals surface area contributed by atoms with E-state index in [1.807, 2.05) is 66.0 Å². The molecule has 3 aromatic rings. The van der Waals surface area contributed by atoms with Crippen LogP contribution in [0.3, 0.4) is 0 Å². The number of hydrogen-bond donors (Lipinski definition) is 2. The van der Waals surface area contributed by atoms with E-state index >= 15 is 0 Å². The van der Waals surface area contributed by atoms with E-state index in [2.05, 4.69) is 10.6 Å². The van der Waals surface area contributed by atoms with Crippen LogP contribution < -0.4 is 15.4 Å². The molecule has 0 bridgehead atoms. The number of carbonyl (C=O) groups excluding carboxylic acids is 3. The minimum atomic E-state index is -1.17. The minimum absolute atomic E-state index is 0.252. The summed E-state index contributed by atoms with van der Waals surface area (Å²) in [6, 6.07) is 19.9. The van der Waals surface area contributed by atoms with Crippen LogP contribution in [0, 0.1) is 0 Å². The molecule has 1 aliphatic rings. The lowest BCUT2D eigenvalue weighted by atomic mass is 9.92. The van der Waals surface area contributed by atoms with Crippen molar-refractivity contribution in [3.05, 3.63) is 88.1 Å². The Morgan fingerprint density at radius 2 is 1.82 bits per heavy atom. The van der Waals surface area contributed by atoms with E-state index in [4.69, 9.17) is 4.74 Å². The van der Waals surface area contributed by atoms with Gasteiger partial charge in [-0.3, -0.25) is 14.5 Å². The maximum absolute atomic E-state index is 13.2. The Bertz CT molecular complexity index is 1150. The summed E-state index contributed by atoms with van der Waals surface area (Å²) in [5.41, 5.74) is 0.550. The zero-order valence-electron chi connectivity index (χ0n) is 18.4. The zero-order valence-corrected chi connectivity index (χ0v) is 19.2. The minimum Gasteiger partial charge on any atom is -0.496 e. The highest BCUT2D eigenvalue weighted by atomic mass is 32.1. The Kier molecular flexibility index (Phi) is 6.46. The van der Waals surface area contributed by atoms with E-state index < -0.39 is 23.4 Å². The number of nitrogens with zero attached hydrogens (tertiary/aromatic N) is 1.